The standard InChI is InChI=1S/C13H22N2O/c1-4-14-10-12-5-6-13(11(2)9-12)15(3)7-8-16/h5-6,9,14,16H,4,7-8,10H2,1-3H3. The SMILES string of the molecule is CCNCc1ccc(N(C)CCO)c(C)c1. The summed E-state index contributed by atoms with van der Waals surface area (Å²) in [5, 5.41) is 12.2. The first-order chi connectivity index (χ1) is 7.69. The third kappa shape index (κ3) is 3.51. The maximum atomic E-state index is 8.91. The van der Waals surface area contributed by atoms with Gasteiger partial charge in [-0.15, -0.1) is 0 Å². The first-order valence-corrected chi connectivity index (χ1v) is 5.81. The van der Waals surface area contributed by atoms with E-state index in [0.717, 1.165) is 13.1 Å². The number of hydrogen-bond acceptors (Lipinski definition) is 3. The van der Waals surface area contributed by atoms with E-state index in [4.69, 9.17) is 5.11 Å². The van der Waals surface area contributed by atoms with Crippen LogP contribution in [0.3, 0.4) is 0 Å². The summed E-state index contributed by atoms with van der Waals surface area (Å²) in [6, 6.07) is 6.46. The summed E-state index contributed by atoms with van der Waals surface area (Å²) in [6.45, 7) is 6.99. The lowest BCUT2D eigenvalue weighted by Gasteiger charge is -2.20. The van der Waals surface area contributed by atoms with Crippen LogP contribution in [-0.4, -0.2) is 31.9 Å². The molecule has 3 heteroatoms. The van der Waals surface area contributed by atoms with Gasteiger partial charge in [-0.05, 0) is 30.7 Å². The van der Waals surface area contributed by atoms with Gasteiger partial charge in [-0.2, -0.15) is 0 Å². The average molecular weight is 222 g/mol. The predicted molar refractivity (Wildman–Crippen MR) is 68.9 cm³/mol. The van der Waals surface area contributed by atoms with Crippen LogP contribution in [0.25, 0.3) is 0 Å². The number of anilines is 1. The zero-order chi connectivity index (χ0) is 12.0. The first kappa shape index (κ1) is 13.0. The lowest BCUT2D eigenvalue weighted by Crippen LogP contribution is -2.22. The number of benzene rings is 1. The average Bonchev–Trinajstić information content (AvgIpc) is 2.26. The molecule has 0 fully saturated rings. The smallest absolute Gasteiger partial charge is 0.0606 e. The highest BCUT2D eigenvalue weighted by Gasteiger charge is 2.04. The van der Waals surface area contributed by atoms with E-state index in [1.165, 1.54) is 16.8 Å². The molecule has 0 aliphatic carbocycles. The van der Waals surface area contributed by atoms with Gasteiger partial charge in [-0.3, -0.25) is 0 Å². The van der Waals surface area contributed by atoms with Crippen molar-refractivity contribution in [1.82, 2.24) is 5.32 Å². The molecule has 2 N–H and O–H groups in total. The Morgan fingerprint density at radius 2 is 2.12 bits per heavy atom. The molecule has 0 saturated heterocycles. The summed E-state index contributed by atoms with van der Waals surface area (Å²) in [7, 11) is 2.00. The normalized spacial score (nSPS) is 10.5. The van der Waals surface area contributed by atoms with Crippen LogP contribution in [0.15, 0.2) is 18.2 Å². The summed E-state index contributed by atoms with van der Waals surface area (Å²) in [6.07, 6.45) is 0. The van der Waals surface area contributed by atoms with Crippen molar-refractivity contribution >= 4 is 5.69 Å². The van der Waals surface area contributed by atoms with Gasteiger partial charge >= 0.3 is 0 Å². The van der Waals surface area contributed by atoms with Gasteiger partial charge in [0.15, 0.2) is 0 Å². The summed E-state index contributed by atoms with van der Waals surface area (Å²) in [5.74, 6) is 0. The molecule has 16 heavy (non-hydrogen) atoms. The molecule has 0 spiro atoms. The molecule has 0 aliphatic heterocycles. The number of hydrogen-bond donors (Lipinski definition) is 2. The van der Waals surface area contributed by atoms with Crippen molar-refractivity contribution in [1.29, 1.82) is 0 Å². The predicted octanol–water partition coefficient (Wildman–Crippen LogP) is 1.53. The van der Waals surface area contributed by atoms with Crippen LogP contribution in [0.1, 0.15) is 18.1 Å². The third-order valence-corrected chi connectivity index (χ3v) is 2.69. The van der Waals surface area contributed by atoms with E-state index in [1.807, 2.05) is 7.05 Å². The molecule has 0 amide bonds. The number of nitrogens with one attached hydrogen (secondary N) is 1. The molecule has 0 atom stereocenters. The van der Waals surface area contributed by atoms with Gasteiger partial charge in [-0.25, -0.2) is 0 Å². The molecule has 0 aliphatic rings. The Bertz CT molecular complexity index is 326. The highest BCUT2D eigenvalue weighted by atomic mass is 16.3. The molecule has 90 valence electrons. The second-order valence-corrected chi connectivity index (χ2v) is 4.05. The van der Waals surface area contributed by atoms with Crippen LogP contribution >= 0.6 is 0 Å². The topological polar surface area (TPSA) is 35.5 Å². The fourth-order valence-electron chi connectivity index (χ4n) is 1.80. The molecular formula is C13H22N2O. The van der Waals surface area contributed by atoms with E-state index in [1.54, 1.807) is 0 Å². The minimum absolute atomic E-state index is 0.190. The highest BCUT2D eigenvalue weighted by Crippen LogP contribution is 2.19. The quantitative estimate of drug-likeness (QED) is 0.766. The monoisotopic (exact) mass is 222 g/mol. The van der Waals surface area contributed by atoms with Crippen LogP contribution in [-0.2, 0) is 6.54 Å². The second kappa shape index (κ2) is 6.51. The lowest BCUT2D eigenvalue weighted by atomic mass is 10.1. The van der Waals surface area contributed by atoms with E-state index in [2.05, 4.69) is 42.3 Å². The first-order valence-electron chi connectivity index (χ1n) is 5.81. The largest absolute Gasteiger partial charge is 0.395 e. The highest BCUT2D eigenvalue weighted by molar-refractivity contribution is 5.53. The van der Waals surface area contributed by atoms with E-state index in [0.29, 0.717) is 6.54 Å². The summed E-state index contributed by atoms with van der Waals surface area (Å²) in [4.78, 5) is 2.08. The van der Waals surface area contributed by atoms with Gasteiger partial charge in [0.2, 0.25) is 0 Å². The molecule has 0 saturated carbocycles. The Balaban J connectivity index is 2.74. The summed E-state index contributed by atoms with van der Waals surface area (Å²) >= 11 is 0. The van der Waals surface area contributed by atoms with Crippen LogP contribution in [0.4, 0.5) is 5.69 Å². The Morgan fingerprint density at radius 1 is 1.38 bits per heavy atom. The molecule has 0 unspecified atom stereocenters. The van der Waals surface area contributed by atoms with Crippen molar-refractivity contribution in [2.75, 3.05) is 31.6 Å². The summed E-state index contributed by atoms with van der Waals surface area (Å²) < 4.78 is 0. The van der Waals surface area contributed by atoms with Crippen LogP contribution in [0.2, 0.25) is 0 Å². The Hall–Kier alpha value is -1.06. The number of aliphatic hydroxyl groups is 1. The van der Waals surface area contributed by atoms with Crippen LogP contribution in [0, 0.1) is 6.92 Å². The third-order valence-electron chi connectivity index (χ3n) is 2.69. The van der Waals surface area contributed by atoms with Crippen molar-refractivity contribution in [3.8, 4) is 0 Å². The van der Waals surface area contributed by atoms with Gasteiger partial charge in [0.25, 0.3) is 0 Å². The molecule has 1 aromatic carbocycles. The number of aliphatic hydroxyl groups excluding tert-OH is 1. The van der Waals surface area contributed by atoms with E-state index in [-0.39, 0.29) is 6.61 Å². The van der Waals surface area contributed by atoms with Crippen molar-refractivity contribution in [2.24, 2.45) is 0 Å². The molecule has 1 rings (SSSR count). The van der Waals surface area contributed by atoms with Crippen molar-refractivity contribution in [3.63, 3.8) is 0 Å². The van der Waals surface area contributed by atoms with E-state index >= 15 is 0 Å². The fourth-order valence-corrected chi connectivity index (χ4v) is 1.80. The summed E-state index contributed by atoms with van der Waals surface area (Å²) in [5.41, 5.74) is 3.75. The Labute approximate surface area is 98.1 Å². The Morgan fingerprint density at radius 3 is 2.69 bits per heavy atom. The Kier molecular flexibility index (Phi) is 5.29. The van der Waals surface area contributed by atoms with Crippen LogP contribution < -0.4 is 10.2 Å². The van der Waals surface area contributed by atoms with Gasteiger partial charge in [0, 0.05) is 25.8 Å². The minimum Gasteiger partial charge on any atom is -0.395 e. The lowest BCUT2D eigenvalue weighted by molar-refractivity contribution is 0.304. The van der Waals surface area contributed by atoms with Crippen molar-refractivity contribution in [2.45, 2.75) is 20.4 Å². The number of rotatable bonds is 6. The fraction of sp³-hybridized carbons (Fsp3) is 0.538. The minimum atomic E-state index is 0.190. The molecule has 0 radical (unpaired) electrons. The van der Waals surface area contributed by atoms with Gasteiger partial charge in [0.1, 0.15) is 0 Å². The molecule has 1 aromatic rings. The zero-order valence-corrected chi connectivity index (χ0v) is 10.5. The van der Waals surface area contributed by atoms with E-state index in [9.17, 15) is 0 Å². The van der Waals surface area contributed by atoms with Gasteiger partial charge in [0.05, 0.1) is 6.61 Å². The number of likely N-dealkylation sites (N-methyl/N-ethyl adjacent to an activating group) is 1. The van der Waals surface area contributed by atoms with Gasteiger partial charge in [-0.1, -0.05) is 19.1 Å². The zero-order valence-electron chi connectivity index (χ0n) is 10.5. The molecule has 3 nitrogen and oxygen atoms in total. The van der Waals surface area contributed by atoms with Crippen molar-refractivity contribution < 1.29 is 5.11 Å². The maximum absolute atomic E-state index is 8.91. The maximum Gasteiger partial charge on any atom is 0.0606 e. The molecule has 0 bridgehead atoms. The van der Waals surface area contributed by atoms with E-state index < -0.39 is 0 Å². The molecule has 0 aromatic heterocycles. The van der Waals surface area contributed by atoms with Crippen LogP contribution in [0.5, 0.6) is 0 Å². The number of nitrogens with zero attached hydrogens (tertiary/aromatic N) is 1. The molecule has 0 heterocycles. The van der Waals surface area contributed by atoms with Crippen molar-refractivity contribution in [3.05, 3.63) is 29.3 Å². The number of aryl methyl sites for hydroxylation is 1. The molecular weight excluding hydrogens is 200 g/mol. The second-order valence-electron chi connectivity index (χ2n) is 4.05. The van der Waals surface area contributed by atoms with Gasteiger partial charge < -0.3 is 15.3 Å².